The molecule has 1 aliphatic rings. The summed E-state index contributed by atoms with van der Waals surface area (Å²) in [5.74, 6) is 0. The fourth-order valence-electron chi connectivity index (χ4n) is 3.19. The van der Waals surface area contributed by atoms with Crippen molar-refractivity contribution >= 4 is 15.9 Å². The van der Waals surface area contributed by atoms with Gasteiger partial charge in [-0.15, -0.1) is 0 Å². The minimum absolute atomic E-state index is 0.301. The SMILES string of the molecule is CC(C)N(CCCc1ccc(C2(Br)CC2)cc1)Cc1ccccc1. The number of rotatable bonds is 8. The highest BCUT2D eigenvalue weighted by atomic mass is 79.9. The summed E-state index contributed by atoms with van der Waals surface area (Å²) in [4.78, 5) is 2.57. The summed E-state index contributed by atoms with van der Waals surface area (Å²) >= 11 is 3.83. The average Bonchev–Trinajstić information content (AvgIpc) is 3.34. The molecule has 0 bridgehead atoms. The Morgan fingerprint density at radius 3 is 2.21 bits per heavy atom. The number of aryl methyl sites for hydroxylation is 1. The van der Waals surface area contributed by atoms with Crippen molar-refractivity contribution in [3.8, 4) is 0 Å². The maximum Gasteiger partial charge on any atom is 0.0507 e. The molecule has 3 rings (SSSR count). The summed E-state index contributed by atoms with van der Waals surface area (Å²) in [6.07, 6.45) is 4.92. The van der Waals surface area contributed by atoms with Crippen LogP contribution in [-0.4, -0.2) is 17.5 Å². The highest BCUT2D eigenvalue weighted by Crippen LogP contribution is 2.53. The van der Waals surface area contributed by atoms with Crippen molar-refractivity contribution in [2.24, 2.45) is 0 Å². The third-order valence-electron chi connectivity index (χ3n) is 5.03. The van der Waals surface area contributed by atoms with Gasteiger partial charge in [0.15, 0.2) is 0 Å². The standard InChI is InChI=1S/C22H28BrN/c1-18(2)24(17-20-7-4-3-5-8-20)16-6-9-19-10-12-21(13-11-19)22(23)14-15-22/h3-5,7-8,10-13,18H,6,9,14-17H2,1-2H3. The van der Waals surface area contributed by atoms with Crippen LogP contribution in [0.3, 0.4) is 0 Å². The lowest BCUT2D eigenvalue weighted by molar-refractivity contribution is 0.210. The largest absolute Gasteiger partial charge is 0.297 e. The maximum absolute atomic E-state index is 3.83. The molecule has 1 fully saturated rings. The normalized spacial score (nSPS) is 15.9. The molecule has 24 heavy (non-hydrogen) atoms. The van der Waals surface area contributed by atoms with Crippen LogP contribution in [0.1, 0.15) is 49.8 Å². The molecular formula is C22H28BrN. The Hall–Kier alpha value is -1.12. The lowest BCUT2D eigenvalue weighted by atomic mass is 10.0. The summed E-state index contributed by atoms with van der Waals surface area (Å²) in [7, 11) is 0. The smallest absolute Gasteiger partial charge is 0.0507 e. The van der Waals surface area contributed by atoms with Crippen LogP contribution in [-0.2, 0) is 17.3 Å². The zero-order chi connectivity index (χ0) is 17.0. The van der Waals surface area contributed by atoms with Gasteiger partial charge in [-0.1, -0.05) is 70.5 Å². The van der Waals surface area contributed by atoms with Gasteiger partial charge in [0.25, 0.3) is 0 Å². The van der Waals surface area contributed by atoms with Crippen LogP contribution in [0.5, 0.6) is 0 Å². The predicted molar refractivity (Wildman–Crippen MR) is 107 cm³/mol. The average molecular weight is 386 g/mol. The van der Waals surface area contributed by atoms with E-state index in [2.05, 4.69) is 89.3 Å². The van der Waals surface area contributed by atoms with Gasteiger partial charge in [0.2, 0.25) is 0 Å². The van der Waals surface area contributed by atoms with Crippen LogP contribution in [0.2, 0.25) is 0 Å². The summed E-state index contributed by atoms with van der Waals surface area (Å²) in [6.45, 7) is 6.78. The van der Waals surface area contributed by atoms with Crippen LogP contribution < -0.4 is 0 Å². The molecule has 0 heterocycles. The first kappa shape index (κ1) is 17.7. The Kier molecular flexibility index (Phi) is 5.78. The first-order valence-electron chi connectivity index (χ1n) is 9.13. The molecule has 1 aliphatic carbocycles. The lowest BCUT2D eigenvalue weighted by Crippen LogP contribution is -2.31. The quantitative estimate of drug-likeness (QED) is 0.510. The zero-order valence-electron chi connectivity index (χ0n) is 14.8. The number of nitrogens with zero attached hydrogens (tertiary/aromatic N) is 1. The van der Waals surface area contributed by atoms with E-state index in [9.17, 15) is 0 Å². The van der Waals surface area contributed by atoms with Gasteiger partial charge in [0, 0.05) is 12.6 Å². The minimum atomic E-state index is 0.301. The fourth-order valence-corrected chi connectivity index (χ4v) is 3.66. The topological polar surface area (TPSA) is 3.24 Å². The van der Waals surface area contributed by atoms with Crippen molar-refractivity contribution in [1.82, 2.24) is 4.90 Å². The molecule has 0 saturated heterocycles. The van der Waals surface area contributed by atoms with Gasteiger partial charge in [0.1, 0.15) is 0 Å². The van der Waals surface area contributed by atoms with Gasteiger partial charge in [-0.05, 0) is 62.8 Å². The summed E-state index contributed by atoms with van der Waals surface area (Å²) < 4.78 is 0.301. The summed E-state index contributed by atoms with van der Waals surface area (Å²) in [6, 6.07) is 20.6. The first-order valence-corrected chi connectivity index (χ1v) is 9.92. The molecule has 0 amide bonds. The molecule has 0 atom stereocenters. The zero-order valence-corrected chi connectivity index (χ0v) is 16.4. The van der Waals surface area contributed by atoms with Gasteiger partial charge < -0.3 is 0 Å². The predicted octanol–water partition coefficient (Wildman–Crippen LogP) is 5.91. The number of alkyl halides is 1. The van der Waals surface area contributed by atoms with Crippen LogP contribution >= 0.6 is 15.9 Å². The minimum Gasteiger partial charge on any atom is -0.297 e. The highest BCUT2D eigenvalue weighted by Gasteiger charge is 2.41. The van der Waals surface area contributed by atoms with Crippen LogP contribution in [0.4, 0.5) is 0 Å². The molecule has 0 unspecified atom stereocenters. The molecule has 1 saturated carbocycles. The second kappa shape index (κ2) is 7.84. The monoisotopic (exact) mass is 385 g/mol. The second-order valence-electron chi connectivity index (χ2n) is 7.32. The molecule has 128 valence electrons. The van der Waals surface area contributed by atoms with Crippen molar-refractivity contribution in [2.75, 3.05) is 6.54 Å². The molecule has 0 aliphatic heterocycles. The van der Waals surface area contributed by atoms with E-state index in [1.807, 2.05) is 0 Å². The summed E-state index contributed by atoms with van der Waals surface area (Å²) in [5, 5.41) is 0. The maximum atomic E-state index is 3.83. The van der Waals surface area contributed by atoms with E-state index >= 15 is 0 Å². The Balaban J connectivity index is 1.50. The van der Waals surface area contributed by atoms with Crippen molar-refractivity contribution in [1.29, 1.82) is 0 Å². The van der Waals surface area contributed by atoms with E-state index in [0.717, 1.165) is 19.5 Å². The number of halogens is 1. The third-order valence-corrected chi connectivity index (χ3v) is 6.28. The molecule has 1 nitrogen and oxygen atoms in total. The molecular weight excluding hydrogens is 358 g/mol. The Morgan fingerprint density at radius 1 is 0.958 bits per heavy atom. The molecule has 2 heteroatoms. The second-order valence-corrected chi connectivity index (χ2v) is 8.83. The van der Waals surface area contributed by atoms with Crippen LogP contribution in [0, 0.1) is 0 Å². The highest BCUT2D eigenvalue weighted by molar-refractivity contribution is 9.09. The Bertz CT molecular complexity index is 629. The lowest BCUT2D eigenvalue weighted by Gasteiger charge is -2.26. The van der Waals surface area contributed by atoms with E-state index < -0.39 is 0 Å². The summed E-state index contributed by atoms with van der Waals surface area (Å²) in [5.41, 5.74) is 4.31. The van der Waals surface area contributed by atoms with Crippen LogP contribution in [0.15, 0.2) is 54.6 Å². The molecule has 0 N–H and O–H groups in total. The first-order chi connectivity index (χ1) is 11.6. The van der Waals surface area contributed by atoms with Gasteiger partial charge in [-0.2, -0.15) is 0 Å². The molecule has 0 radical (unpaired) electrons. The van der Waals surface area contributed by atoms with Crippen LogP contribution in [0.25, 0.3) is 0 Å². The molecule has 0 aromatic heterocycles. The van der Waals surface area contributed by atoms with E-state index in [0.29, 0.717) is 10.4 Å². The molecule has 2 aromatic rings. The van der Waals surface area contributed by atoms with Crippen molar-refractivity contribution in [2.45, 2.75) is 56.4 Å². The molecule has 2 aromatic carbocycles. The third kappa shape index (κ3) is 4.70. The fraction of sp³-hybridized carbons (Fsp3) is 0.455. The van der Waals surface area contributed by atoms with Crippen molar-refractivity contribution < 1.29 is 0 Å². The number of hydrogen-bond acceptors (Lipinski definition) is 1. The molecule has 0 spiro atoms. The van der Waals surface area contributed by atoms with E-state index in [4.69, 9.17) is 0 Å². The van der Waals surface area contributed by atoms with E-state index in [-0.39, 0.29) is 0 Å². The number of hydrogen-bond donors (Lipinski definition) is 0. The van der Waals surface area contributed by atoms with Gasteiger partial charge in [-0.25, -0.2) is 0 Å². The van der Waals surface area contributed by atoms with Crippen molar-refractivity contribution in [3.63, 3.8) is 0 Å². The van der Waals surface area contributed by atoms with Gasteiger partial charge in [0.05, 0.1) is 4.32 Å². The van der Waals surface area contributed by atoms with Gasteiger partial charge >= 0.3 is 0 Å². The van der Waals surface area contributed by atoms with E-state index in [1.54, 1.807) is 0 Å². The Morgan fingerprint density at radius 2 is 1.62 bits per heavy atom. The van der Waals surface area contributed by atoms with Crippen molar-refractivity contribution in [3.05, 3.63) is 71.3 Å². The van der Waals surface area contributed by atoms with E-state index in [1.165, 1.54) is 36.0 Å². The van der Waals surface area contributed by atoms with Gasteiger partial charge in [-0.3, -0.25) is 4.90 Å². The number of benzene rings is 2. The Labute approximate surface area is 155 Å².